The zero-order chi connectivity index (χ0) is 24.0. The summed E-state index contributed by atoms with van der Waals surface area (Å²) in [5.41, 5.74) is 3.69. The third-order valence-electron chi connectivity index (χ3n) is 5.56. The van der Waals surface area contributed by atoms with Crippen LogP contribution in [0.4, 0.5) is 0 Å². The van der Waals surface area contributed by atoms with Crippen LogP contribution in [0.3, 0.4) is 0 Å². The lowest BCUT2D eigenvalue weighted by atomic mass is 9.96. The Balaban J connectivity index is 1.74. The van der Waals surface area contributed by atoms with Crippen molar-refractivity contribution in [3.8, 4) is 11.5 Å². The van der Waals surface area contributed by atoms with Crippen molar-refractivity contribution >= 4 is 17.5 Å². The predicted molar refractivity (Wildman–Crippen MR) is 132 cm³/mol. The number of oxime groups is 1. The first-order chi connectivity index (χ1) is 15.9. The summed E-state index contributed by atoms with van der Waals surface area (Å²) in [4.78, 5) is 0. The van der Waals surface area contributed by atoms with Gasteiger partial charge >= 0.3 is 0 Å². The summed E-state index contributed by atoms with van der Waals surface area (Å²) < 4.78 is 12.7. The van der Waals surface area contributed by atoms with Gasteiger partial charge in [-0.3, -0.25) is 0 Å². The maximum absolute atomic E-state index is 9.66. The van der Waals surface area contributed by atoms with E-state index in [4.69, 9.17) is 9.47 Å². The smallest absolute Gasteiger partial charge is 0.191 e. The van der Waals surface area contributed by atoms with Crippen molar-refractivity contribution < 1.29 is 14.7 Å². The second kappa shape index (κ2) is 11.2. The number of nitrogens with zero attached hydrogens (tertiary/aromatic N) is 4. The average molecular weight is 469 g/mol. The molecule has 0 fully saturated rings. The summed E-state index contributed by atoms with van der Waals surface area (Å²) in [5, 5.41) is 22.7. The Bertz CT molecular complexity index is 1090. The van der Waals surface area contributed by atoms with E-state index in [1.54, 1.807) is 32.4 Å². The molecule has 0 amide bonds. The number of methoxy groups -OCH3 is 2. The summed E-state index contributed by atoms with van der Waals surface area (Å²) >= 11 is 1.45. The van der Waals surface area contributed by atoms with Crippen LogP contribution >= 0.6 is 11.8 Å². The van der Waals surface area contributed by atoms with Gasteiger partial charge in [0.15, 0.2) is 5.16 Å². The van der Waals surface area contributed by atoms with Gasteiger partial charge in [0.25, 0.3) is 0 Å². The van der Waals surface area contributed by atoms with E-state index < -0.39 is 0 Å². The summed E-state index contributed by atoms with van der Waals surface area (Å²) in [7, 11) is 5.14. The molecule has 0 aliphatic heterocycles. The van der Waals surface area contributed by atoms with Crippen LogP contribution < -0.4 is 9.47 Å². The molecule has 0 spiro atoms. The van der Waals surface area contributed by atoms with E-state index in [0.717, 1.165) is 17.4 Å². The lowest BCUT2D eigenvalue weighted by molar-refractivity contribution is 0.318. The summed E-state index contributed by atoms with van der Waals surface area (Å²) in [5.74, 6) is 3.29. The number of hydrogen-bond acceptors (Lipinski definition) is 7. The SMILES string of the molecule is COc1ccc(OC)c(/C(CSc2nnc(C(C)c3ccc(CC(C)C)cc3)n2C)=N/O)c1. The minimum Gasteiger partial charge on any atom is -0.497 e. The first-order valence-electron chi connectivity index (χ1n) is 10.9. The van der Waals surface area contributed by atoms with Gasteiger partial charge in [-0.15, -0.1) is 10.2 Å². The molecule has 8 heteroatoms. The first kappa shape index (κ1) is 24.6. The minimum atomic E-state index is 0.106. The fourth-order valence-electron chi connectivity index (χ4n) is 3.72. The quantitative estimate of drug-likeness (QED) is 0.192. The molecule has 0 aliphatic carbocycles. The second-order valence-corrected chi connectivity index (χ2v) is 9.31. The van der Waals surface area contributed by atoms with E-state index >= 15 is 0 Å². The maximum Gasteiger partial charge on any atom is 0.191 e. The van der Waals surface area contributed by atoms with Crippen LogP contribution in [-0.2, 0) is 13.5 Å². The zero-order valence-corrected chi connectivity index (χ0v) is 20.9. The highest BCUT2D eigenvalue weighted by Gasteiger charge is 2.19. The predicted octanol–water partition coefficient (Wildman–Crippen LogP) is 5.15. The fraction of sp³-hybridized carbons (Fsp3) is 0.400. The molecule has 1 unspecified atom stereocenters. The molecule has 0 bridgehead atoms. The molecule has 0 saturated heterocycles. The van der Waals surface area contributed by atoms with Gasteiger partial charge in [0.2, 0.25) is 0 Å². The lowest BCUT2D eigenvalue weighted by Crippen LogP contribution is -2.09. The van der Waals surface area contributed by atoms with Gasteiger partial charge in [0.1, 0.15) is 23.0 Å². The minimum absolute atomic E-state index is 0.106. The van der Waals surface area contributed by atoms with E-state index in [2.05, 4.69) is 60.4 Å². The molecule has 33 heavy (non-hydrogen) atoms. The van der Waals surface area contributed by atoms with Crippen molar-refractivity contribution in [1.29, 1.82) is 0 Å². The van der Waals surface area contributed by atoms with Crippen LogP contribution in [0.5, 0.6) is 11.5 Å². The highest BCUT2D eigenvalue weighted by molar-refractivity contribution is 7.99. The first-order valence-corrected chi connectivity index (χ1v) is 11.9. The molecule has 0 aliphatic rings. The van der Waals surface area contributed by atoms with E-state index in [0.29, 0.717) is 34.4 Å². The van der Waals surface area contributed by atoms with Gasteiger partial charge in [-0.1, -0.05) is 62.0 Å². The number of rotatable bonds is 10. The molecule has 0 radical (unpaired) electrons. The maximum atomic E-state index is 9.66. The lowest BCUT2D eigenvalue weighted by Gasteiger charge is -2.14. The highest BCUT2D eigenvalue weighted by atomic mass is 32.2. The van der Waals surface area contributed by atoms with Gasteiger partial charge in [0.05, 0.1) is 14.2 Å². The number of thioether (sulfide) groups is 1. The van der Waals surface area contributed by atoms with Gasteiger partial charge in [0, 0.05) is 24.3 Å². The summed E-state index contributed by atoms with van der Waals surface area (Å²) in [6.45, 7) is 6.59. The topological polar surface area (TPSA) is 81.8 Å². The third-order valence-corrected chi connectivity index (χ3v) is 6.59. The van der Waals surface area contributed by atoms with Crippen molar-refractivity contribution in [2.24, 2.45) is 18.1 Å². The Morgan fingerprint density at radius 3 is 2.39 bits per heavy atom. The normalized spacial score (nSPS) is 12.8. The van der Waals surface area contributed by atoms with Crippen LogP contribution in [-0.4, -0.2) is 45.7 Å². The van der Waals surface area contributed by atoms with Crippen molar-refractivity contribution in [2.45, 2.75) is 38.3 Å². The van der Waals surface area contributed by atoms with Crippen LogP contribution in [0.1, 0.15) is 49.2 Å². The Morgan fingerprint density at radius 2 is 1.79 bits per heavy atom. The molecule has 3 aromatic rings. The van der Waals surface area contributed by atoms with Gasteiger partial charge in [-0.05, 0) is 41.7 Å². The molecule has 1 N–H and O–H groups in total. The van der Waals surface area contributed by atoms with Crippen LogP contribution in [0.15, 0.2) is 52.8 Å². The molecular weight excluding hydrogens is 436 g/mol. The van der Waals surface area contributed by atoms with E-state index in [1.807, 2.05) is 11.6 Å². The molecule has 3 rings (SSSR count). The molecule has 176 valence electrons. The van der Waals surface area contributed by atoms with Crippen LogP contribution in [0.25, 0.3) is 0 Å². The van der Waals surface area contributed by atoms with Gasteiger partial charge in [-0.2, -0.15) is 0 Å². The standard InChI is InChI=1S/C25H32N4O3S/c1-16(2)13-18-7-9-19(10-8-18)17(3)24-26-27-25(29(24)4)33-15-22(28-30)21-14-20(31-5)11-12-23(21)32-6/h7-12,14,16-17,30H,13,15H2,1-6H3/b28-22+. The summed E-state index contributed by atoms with van der Waals surface area (Å²) in [6.07, 6.45) is 1.08. The van der Waals surface area contributed by atoms with Gasteiger partial charge in [-0.25, -0.2) is 0 Å². The monoisotopic (exact) mass is 468 g/mol. The Labute approximate surface area is 199 Å². The van der Waals surface area contributed by atoms with E-state index in [-0.39, 0.29) is 5.92 Å². The van der Waals surface area contributed by atoms with Crippen molar-refractivity contribution in [3.63, 3.8) is 0 Å². The molecule has 0 saturated carbocycles. The molecule has 1 atom stereocenters. The highest BCUT2D eigenvalue weighted by Crippen LogP contribution is 2.29. The molecule has 1 aromatic heterocycles. The molecule has 1 heterocycles. The number of benzene rings is 2. The fourth-order valence-corrected chi connectivity index (χ4v) is 4.59. The number of hydrogen-bond donors (Lipinski definition) is 1. The van der Waals surface area contributed by atoms with E-state index in [9.17, 15) is 5.21 Å². The Morgan fingerprint density at radius 1 is 1.06 bits per heavy atom. The molecule has 7 nitrogen and oxygen atoms in total. The average Bonchev–Trinajstić information content (AvgIpc) is 3.19. The third kappa shape index (κ3) is 5.87. The number of aromatic nitrogens is 3. The van der Waals surface area contributed by atoms with Crippen molar-refractivity contribution in [1.82, 2.24) is 14.8 Å². The summed E-state index contributed by atoms with van der Waals surface area (Å²) in [6, 6.07) is 14.1. The molecule has 2 aromatic carbocycles. The molecular formula is C25H32N4O3S. The Kier molecular flexibility index (Phi) is 8.38. The van der Waals surface area contributed by atoms with E-state index in [1.165, 1.54) is 22.9 Å². The zero-order valence-electron chi connectivity index (χ0n) is 20.1. The Hall–Kier alpha value is -3.00. The van der Waals surface area contributed by atoms with Crippen LogP contribution in [0, 0.1) is 5.92 Å². The largest absolute Gasteiger partial charge is 0.497 e. The van der Waals surface area contributed by atoms with Crippen molar-refractivity contribution in [2.75, 3.05) is 20.0 Å². The van der Waals surface area contributed by atoms with Crippen LogP contribution in [0.2, 0.25) is 0 Å². The second-order valence-electron chi connectivity index (χ2n) is 8.36. The number of ether oxygens (including phenoxy) is 2. The van der Waals surface area contributed by atoms with Gasteiger partial charge < -0.3 is 19.2 Å². The van der Waals surface area contributed by atoms with Crippen molar-refractivity contribution in [3.05, 3.63) is 65.0 Å².